The van der Waals surface area contributed by atoms with Crippen molar-refractivity contribution in [1.29, 1.82) is 0 Å². The number of nitrogens with two attached hydrogens (primary N) is 1. The maximum atomic E-state index is 12.9. The van der Waals surface area contributed by atoms with Crippen molar-refractivity contribution in [2.24, 2.45) is 21.9 Å². The first kappa shape index (κ1) is 21.2. The Morgan fingerprint density at radius 2 is 1.56 bits per heavy atom. The van der Waals surface area contributed by atoms with Crippen molar-refractivity contribution in [2.45, 2.75) is 53.5 Å². The van der Waals surface area contributed by atoms with E-state index in [1.165, 1.54) is 30.3 Å². The molecular formula is C16H16N10O6. The van der Waals surface area contributed by atoms with Crippen LogP contribution in [-0.4, -0.2) is 37.0 Å². The van der Waals surface area contributed by atoms with Gasteiger partial charge in [-0.3, -0.25) is 30.3 Å². The molecule has 32 heavy (non-hydrogen) atoms. The van der Waals surface area contributed by atoms with Crippen LogP contribution in [0.2, 0.25) is 0 Å². The van der Waals surface area contributed by atoms with Gasteiger partial charge in [0.2, 0.25) is 0 Å². The van der Waals surface area contributed by atoms with Crippen molar-refractivity contribution < 1.29 is 14.8 Å². The van der Waals surface area contributed by atoms with E-state index in [1.54, 1.807) is 0 Å². The summed E-state index contributed by atoms with van der Waals surface area (Å²) in [6, 6.07) is 6.79. The first-order chi connectivity index (χ1) is 15.0. The molecule has 6 unspecified atom stereocenters. The molecule has 4 aliphatic carbocycles. The second-order valence-corrected chi connectivity index (χ2v) is 8.60. The van der Waals surface area contributed by atoms with E-state index in [0.29, 0.717) is 0 Å². The zero-order chi connectivity index (χ0) is 23.6. The number of rotatable bonds is 6. The summed E-state index contributed by atoms with van der Waals surface area (Å²) in [7, 11) is 0. The van der Waals surface area contributed by atoms with Crippen LogP contribution >= 0.6 is 0 Å². The number of azide groups is 2. The van der Waals surface area contributed by atoms with Gasteiger partial charge in [-0.05, 0) is 41.4 Å². The molecule has 6 atom stereocenters. The molecule has 16 nitrogen and oxygen atoms in total. The molecule has 4 saturated carbocycles. The summed E-state index contributed by atoms with van der Waals surface area (Å²) in [4.78, 5) is 40.2. The number of nitro groups is 3. The summed E-state index contributed by atoms with van der Waals surface area (Å²) in [5.41, 5.74) is 11.3. The zero-order valence-corrected chi connectivity index (χ0v) is 16.3. The molecule has 1 aromatic rings. The predicted molar refractivity (Wildman–Crippen MR) is 104 cm³/mol. The highest BCUT2D eigenvalue weighted by molar-refractivity contribution is 5.45. The molecule has 0 heterocycles. The zero-order valence-electron chi connectivity index (χ0n) is 16.3. The Hall–Kier alpha value is -4.00. The Morgan fingerprint density at radius 3 is 2.06 bits per heavy atom. The second kappa shape index (κ2) is 6.26. The molecule has 0 saturated heterocycles. The smallest absolute Gasteiger partial charge is 0.319 e. The summed E-state index contributed by atoms with van der Waals surface area (Å²) < 4.78 is 0. The van der Waals surface area contributed by atoms with E-state index in [4.69, 9.17) is 5.73 Å². The lowest BCUT2D eigenvalue weighted by Crippen LogP contribution is -2.95. The van der Waals surface area contributed by atoms with Gasteiger partial charge in [-0.1, -0.05) is 35.4 Å². The molecular weight excluding hydrogens is 428 g/mol. The van der Waals surface area contributed by atoms with Gasteiger partial charge in [0.15, 0.2) is 0 Å². The van der Waals surface area contributed by atoms with E-state index >= 15 is 0 Å². The standard InChI is InChI=1S/C16H16N10O6/c17-12-6-10-7-13(9-12,20-22-18)16(21-23-19,26(31)32)14(8-10,24(27)28)15(12,25(29)30)11-4-2-1-3-5-11/h1-5,10H,6-9,17H2. The molecule has 4 aliphatic rings. The molecule has 4 fully saturated rings. The van der Waals surface area contributed by atoms with Crippen molar-refractivity contribution in [3.05, 3.63) is 87.1 Å². The van der Waals surface area contributed by atoms with Gasteiger partial charge in [0.05, 0.1) is 0 Å². The third kappa shape index (κ3) is 1.88. The normalized spacial score (nSPS) is 41.2. The highest BCUT2D eigenvalue weighted by atomic mass is 16.7. The van der Waals surface area contributed by atoms with Crippen LogP contribution in [-0.2, 0) is 5.54 Å². The Morgan fingerprint density at radius 1 is 0.938 bits per heavy atom. The van der Waals surface area contributed by atoms with Gasteiger partial charge in [0.1, 0.15) is 11.1 Å². The Bertz CT molecular complexity index is 1150. The van der Waals surface area contributed by atoms with Crippen molar-refractivity contribution in [2.75, 3.05) is 0 Å². The number of benzene rings is 1. The van der Waals surface area contributed by atoms with Gasteiger partial charge >= 0.3 is 16.7 Å². The second-order valence-electron chi connectivity index (χ2n) is 8.60. The lowest BCUT2D eigenvalue weighted by atomic mass is 9.35. The summed E-state index contributed by atoms with van der Waals surface area (Å²) >= 11 is 0. The third-order valence-corrected chi connectivity index (χ3v) is 7.48. The minimum atomic E-state index is -3.30. The van der Waals surface area contributed by atoms with E-state index in [-0.39, 0.29) is 18.4 Å². The Balaban J connectivity index is 2.31. The largest absolute Gasteiger partial charge is 0.387 e. The highest BCUT2D eigenvalue weighted by Gasteiger charge is 3.02. The SMILES string of the molecule is [N-]=[N+]=NC12CC3CC(N)(C1)C(c1ccccc1)([N+](=O)[O-])C([N+](=O)[O-])(C3)C2(N=[N+]=[N-])[N+](=O)[O-]. The first-order valence-electron chi connectivity index (χ1n) is 9.46. The Kier molecular flexibility index (Phi) is 4.15. The van der Waals surface area contributed by atoms with Crippen LogP contribution in [0.25, 0.3) is 20.9 Å². The lowest BCUT2D eigenvalue weighted by Gasteiger charge is -2.66. The quantitative estimate of drug-likeness (QED) is 0.225. The van der Waals surface area contributed by atoms with Crippen LogP contribution in [0.15, 0.2) is 40.6 Å². The molecule has 2 N–H and O–H groups in total. The molecule has 4 bridgehead atoms. The third-order valence-electron chi connectivity index (χ3n) is 7.48. The van der Waals surface area contributed by atoms with Crippen LogP contribution in [0, 0.1) is 36.3 Å². The number of hydrogen-bond donors (Lipinski definition) is 1. The monoisotopic (exact) mass is 444 g/mol. The predicted octanol–water partition coefficient (Wildman–Crippen LogP) is 2.42. The fraction of sp³-hybridized carbons (Fsp3) is 0.625. The van der Waals surface area contributed by atoms with Crippen molar-refractivity contribution in [3.63, 3.8) is 0 Å². The molecule has 0 aliphatic heterocycles. The van der Waals surface area contributed by atoms with Gasteiger partial charge in [0, 0.05) is 36.6 Å². The minimum absolute atomic E-state index is 0.0643. The van der Waals surface area contributed by atoms with Gasteiger partial charge in [-0.2, -0.15) is 0 Å². The molecule has 5 rings (SSSR count). The number of hydrogen-bond acceptors (Lipinski definition) is 9. The van der Waals surface area contributed by atoms with Crippen molar-refractivity contribution in [3.8, 4) is 0 Å². The molecule has 0 spiro atoms. The molecule has 0 radical (unpaired) electrons. The first-order valence-corrected chi connectivity index (χ1v) is 9.46. The van der Waals surface area contributed by atoms with E-state index in [0.717, 1.165) is 0 Å². The van der Waals surface area contributed by atoms with Crippen LogP contribution < -0.4 is 5.73 Å². The maximum Gasteiger partial charge on any atom is 0.387 e. The van der Waals surface area contributed by atoms with Crippen molar-refractivity contribution >= 4 is 0 Å². The Labute approximate surface area is 178 Å². The van der Waals surface area contributed by atoms with Crippen LogP contribution in [0.5, 0.6) is 0 Å². The summed E-state index contributed by atoms with van der Waals surface area (Å²) in [6.07, 6.45) is -1.59. The summed E-state index contributed by atoms with van der Waals surface area (Å²) in [5, 5.41) is 45.2. The topological polar surface area (TPSA) is 253 Å². The average molecular weight is 444 g/mol. The van der Waals surface area contributed by atoms with E-state index < -0.39 is 61.3 Å². The summed E-state index contributed by atoms with van der Waals surface area (Å²) in [5.74, 6) is -0.705. The highest BCUT2D eigenvalue weighted by Crippen LogP contribution is 2.73. The van der Waals surface area contributed by atoms with Crippen LogP contribution in [0.1, 0.15) is 31.2 Å². The van der Waals surface area contributed by atoms with Crippen LogP contribution in [0.4, 0.5) is 0 Å². The maximum absolute atomic E-state index is 12.9. The molecule has 0 amide bonds. The van der Waals surface area contributed by atoms with Gasteiger partial charge in [0.25, 0.3) is 0 Å². The number of nitrogens with zero attached hydrogens (tertiary/aromatic N) is 9. The van der Waals surface area contributed by atoms with E-state index in [2.05, 4.69) is 20.1 Å². The van der Waals surface area contributed by atoms with Gasteiger partial charge in [-0.15, -0.1) is 0 Å². The molecule has 16 heteroatoms. The van der Waals surface area contributed by atoms with Gasteiger partial charge in [-0.25, -0.2) is 0 Å². The minimum Gasteiger partial charge on any atom is -0.319 e. The lowest BCUT2D eigenvalue weighted by molar-refractivity contribution is -0.781. The fourth-order valence-electron chi connectivity index (χ4n) is 6.98. The molecule has 1 aromatic carbocycles. The molecule has 0 aromatic heterocycles. The molecule has 166 valence electrons. The average Bonchev–Trinajstić information content (AvgIpc) is 2.70. The van der Waals surface area contributed by atoms with Gasteiger partial charge < -0.3 is 5.73 Å². The summed E-state index contributed by atoms with van der Waals surface area (Å²) in [6.45, 7) is 0. The van der Waals surface area contributed by atoms with E-state index in [9.17, 15) is 41.4 Å². The fourth-order valence-corrected chi connectivity index (χ4v) is 6.98. The van der Waals surface area contributed by atoms with Crippen molar-refractivity contribution in [1.82, 2.24) is 0 Å². The van der Waals surface area contributed by atoms with E-state index in [1.807, 2.05) is 0 Å². The van der Waals surface area contributed by atoms with Crippen LogP contribution in [0.3, 0.4) is 0 Å².